The van der Waals surface area contributed by atoms with Crippen LogP contribution in [0.25, 0.3) is 0 Å². The van der Waals surface area contributed by atoms with Crippen LogP contribution in [0.4, 0.5) is 5.69 Å². The minimum atomic E-state index is -0.130. The highest BCUT2D eigenvalue weighted by molar-refractivity contribution is 14.0. The molecule has 0 spiro atoms. The molecule has 1 aliphatic carbocycles. The second-order valence-corrected chi connectivity index (χ2v) is 6.02. The van der Waals surface area contributed by atoms with Crippen LogP contribution in [-0.2, 0) is 9.53 Å². The SMILES string of the molecule is CCNC(=NCC(=O)Nc1ccccc1)N(C)CCOCC1CC1.I. The molecular weight excluding hydrogens is 431 g/mol. The van der Waals surface area contributed by atoms with Crippen molar-refractivity contribution in [1.29, 1.82) is 0 Å². The van der Waals surface area contributed by atoms with E-state index >= 15 is 0 Å². The molecule has 140 valence electrons. The van der Waals surface area contributed by atoms with Crippen LogP contribution < -0.4 is 10.6 Å². The number of hydrogen-bond donors (Lipinski definition) is 2. The summed E-state index contributed by atoms with van der Waals surface area (Å²) in [5, 5.41) is 6.04. The number of rotatable bonds is 9. The zero-order valence-corrected chi connectivity index (χ0v) is 17.4. The summed E-state index contributed by atoms with van der Waals surface area (Å²) in [7, 11) is 1.96. The summed E-state index contributed by atoms with van der Waals surface area (Å²) in [4.78, 5) is 18.4. The molecule has 1 amide bonds. The van der Waals surface area contributed by atoms with Crippen molar-refractivity contribution in [2.75, 3.05) is 45.2 Å². The van der Waals surface area contributed by atoms with Gasteiger partial charge in [-0.25, -0.2) is 4.99 Å². The number of nitrogens with one attached hydrogen (secondary N) is 2. The average Bonchev–Trinajstić information content (AvgIpc) is 3.40. The Morgan fingerprint density at radius 1 is 1.32 bits per heavy atom. The van der Waals surface area contributed by atoms with Crippen molar-refractivity contribution in [2.24, 2.45) is 10.9 Å². The number of benzene rings is 1. The molecule has 6 nitrogen and oxygen atoms in total. The van der Waals surface area contributed by atoms with Crippen LogP contribution in [0.2, 0.25) is 0 Å². The second kappa shape index (κ2) is 12.1. The molecule has 7 heteroatoms. The predicted octanol–water partition coefficient (Wildman–Crippen LogP) is 2.57. The van der Waals surface area contributed by atoms with Gasteiger partial charge in [-0.15, -0.1) is 24.0 Å². The maximum Gasteiger partial charge on any atom is 0.246 e. The van der Waals surface area contributed by atoms with Gasteiger partial charge in [0.05, 0.1) is 6.61 Å². The highest BCUT2D eigenvalue weighted by Crippen LogP contribution is 2.28. The first-order valence-corrected chi connectivity index (χ1v) is 8.61. The molecule has 1 saturated carbocycles. The van der Waals surface area contributed by atoms with E-state index in [4.69, 9.17) is 4.74 Å². The molecule has 0 saturated heterocycles. The van der Waals surface area contributed by atoms with Crippen LogP contribution in [0.1, 0.15) is 19.8 Å². The summed E-state index contributed by atoms with van der Waals surface area (Å²) in [5.74, 6) is 1.37. The van der Waals surface area contributed by atoms with E-state index in [9.17, 15) is 4.79 Å². The number of ether oxygens (including phenoxy) is 1. The highest BCUT2D eigenvalue weighted by atomic mass is 127. The molecule has 2 rings (SSSR count). The van der Waals surface area contributed by atoms with E-state index in [-0.39, 0.29) is 36.4 Å². The van der Waals surface area contributed by atoms with E-state index < -0.39 is 0 Å². The van der Waals surface area contributed by atoms with E-state index in [0.29, 0.717) is 6.61 Å². The molecule has 0 atom stereocenters. The number of nitrogens with zero attached hydrogens (tertiary/aromatic N) is 2. The highest BCUT2D eigenvalue weighted by Gasteiger charge is 2.21. The Morgan fingerprint density at radius 3 is 2.68 bits per heavy atom. The minimum Gasteiger partial charge on any atom is -0.379 e. The Balaban J connectivity index is 0.00000312. The lowest BCUT2D eigenvalue weighted by molar-refractivity contribution is -0.114. The molecule has 0 radical (unpaired) electrons. The molecule has 0 unspecified atom stereocenters. The van der Waals surface area contributed by atoms with E-state index in [1.807, 2.05) is 49.2 Å². The topological polar surface area (TPSA) is 66.0 Å². The third-order valence-corrected chi connectivity index (χ3v) is 3.75. The number of carbonyl (C=O) groups excluding carboxylic acids is 1. The Morgan fingerprint density at radius 2 is 2.04 bits per heavy atom. The lowest BCUT2D eigenvalue weighted by atomic mass is 10.3. The second-order valence-electron chi connectivity index (χ2n) is 6.02. The molecule has 1 aromatic carbocycles. The maximum absolute atomic E-state index is 12.0. The van der Waals surface area contributed by atoms with E-state index in [0.717, 1.165) is 37.3 Å². The predicted molar refractivity (Wildman–Crippen MR) is 113 cm³/mol. The number of guanidine groups is 1. The van der Waals surface area contributed by atoms with E-state index in [1.165, 1.54) is 12.8 Å². The number of carbonyl (C=O) groups is 1. The maximum atomic E-state index is 12.0. The molecule has 1 aliphatic rings. The zero-order valence-electron chi connectivity index (χ0n) is 15.0. The van der Waals surface area contributed by atoms with Crippen LogP contribution in [0.3, 0.4) is 0 Å². The van der Waals surface area contributed by atoms with Gasteiger partial charge in [-0.2, -0.15) is 0 Å². The van der Waals surface area contributed by atoms with Crippen LogP contribution in [0.15, 0.2) is 35.3 Å². The van der Waals surface area contributed by atoms with Crippen molar-refractivity contribution in [3.05, 3.63) is 30.3 Å². The molecule has 0 bridgehead atoms. The summed E-state index contributed by atoms with van der Waals surface area (Å²) in [6, 6.07) is 9.40. The third kappa shape index (κ3) is 9.06. The normalized spacial score (nSPS) is 13.8. The fraction of sp³-hybridized carbons (Fsp3) is 0.556. The fourth-order valence-corrected chi connectivity index (χ4v) is 2.18. The van der Waals surface area contributed by atoms with Crippen LogP contribution in [0, 0.1) is 5.92 Å². The van der Waals surface area contributed by atoms with Gasteiger partial charge in [-0.3, -0.25) is 4.79 Å². The largest absolute Gasteiger partial charge is 0.379 e. The van der Waals surface area contributed by atoms with Crippen molar-refractivity contribution in [1.82, 2.24) is 10.2 Å². The monoisotopic (exact) mass is 460 g/mol. The van der Waals surface area contributed by atoms with Crippen molar-refractivity contribution in [2.45, 2.75) is 19.8 Å². The fourth-order valence-electron chi connectivity index (χ4n) is 2.18. The molecule has 1 aromatic rings. The molecule has 1 fully saturated rings. The lowest BCUT2D eigenvalue weighted by Crippen LogP contribution is -2.41. The summed E-state index contributed by atoms with van der Waals surface area (Å²) in [6.07, 6.45) is 2.60. The molecule has 0 aliphatic heterocycles. The van der Waals surface area contributed by atoms with Gasteiger partial charge >= 0.3 is 0 Å². The van der Waals surface area contributed by atoms with Crippen molar-refractivity contribution >= 4 is 41.5 Å². The molecule has 2 N–H and O–H groups in total. The van der Waals surface area contributed by atoms with Gasteiger partial charge in [0.25, 0.3) is 0 Å². The number of likely N-dealkylation sites (N-methyl/N-ethyl adjacent to an activating group) is 1. The number of para-hydroxylation sites is 1. The number of aliphatic imine (C=N–C) groups is 1. The zero-order chi connectivity index (χ0) is 17.2. The third-order valence-electron chi connectivity index (χ3n) is 3.75. The minimum absolute atomic E-state index is 0. The van der Waals surface area contributed by atoms with E-state index in [1.54, 1.807) is 0 Å². The molecular formula is C18H29IN4O2. The molecule has 0 heterocycles. The van der Waals surface area contributed by atoms with Crippen LogP contribution >= 0.6 is 24.0 Å². The van der Waals surface area contributed by atoms with Crippen molar-refractivity contribution < 1.29 is 9.53 Å². The van der Waals surface area contributed by atoms with Gasteiger partial charge in [0.15, 0.2) is 5.96 Å². The Labute approximate surface area is 167 Å². The lowest BCUT2D eigenvalue weighted by Gasteiger charge is -2.21. The van der Waals surface area contributed by atoms with Gasteiger partial charge in [-0.05, 0) is 37.8 Å². The van der Waals surface area contributed by atoms with Crippen molar-refractivity contribution in [3.63, 3.8) is 0 Å². The number of halogens is 1. The summed E-state index contributed by atoms with van der Waals surface area (Å²) in [6.45, 7) is 5.14. The van der Waals surface area contributed by atoms with Gasteiger partial charge in [-0.1, -0.05) is 18.2 Å². The Bertz CT molecular complexity index is 535. The first kappa shape index (κ1) is 21.7. The van der Waals surface area contributed by atoms with Gasteiger partial charge in [0.2, 0.25) is 5.91 Å². The summed E-state index contributed by atoms with van der Waals surface area (Å²) in [5.41, 5.74) is 0.782. The number of amides is 1. The van der Waals surface area contributed by atoms with Crippen molar-refractivity contribution in [3.8, 4) is 0 Å². The summed E-state index contributed by atoms with van der Waals surface area (Å²) < 4.78 is 5.66. The van der Waals surface area contributed by atoms with Crippen LogP contribution in [-0.4, -0.2) is 56.7 Å². The van der Waals surface area contributed by atoms with Gasteiger partial charge in [0.1, 0.15) is 6.54 Å². The number of anilines is 1. The molecule has 25 heavy (non-hydrogen) atoms. The van der Waals surface area contributed by atoms with E-state index in [2.05, 4.69) is 15.6 Å². The Kier molecular flexibility index (Phi) is 10.5. The standard InChI is InChI=1S/C18H28N4O2.HI/c1-3-19-18(22(2)11-12-24-14-15-9-10-15)20-13-17(23)21-16-7-5-4-6-8-16;/h4-8,15H,3,9-14H2,1-2H3,(H,19,20)(H,21,23);1H. The smallest absolute Gasteiger partial charge is 0.246 e. The first-order valence-electron chi connectivity index (χ1n) is 8.61. The average molecular weight is 460 g/mol. The first-order chi connectivity index (χ1) is 11.7. The molecule has 0 aromatic heterocycles. The van der Waals surface area contributed by atoms with Crippen LogP contribution in [0.5, 0.6) is 0 Å². The quantitative estimate of drug-likeness (QED) is 0.257. The van der Waals surface area contributed by atoms with Gasteiger partial charge < -0.3 is 20.3 Å². The summed E-state index contributed by atoms with van der Waals surface area (Å²) >= 11 is 0. The van der Waals surface area contributed by atoms with Gasteiger partial charge in [0, 0.05) is 32.4 Å². The Hall–Kier alpha value is -1.35. The number of hydrogen-bond acceptors (Lipinski definition) is 3.